The molecule has 2 aromatic heterocycles. The zero-order chi connectivity index (χ0) is 22.8. The normalized spacial score (nSPS) is 15.4. The summed E-state index contributed by atoms with van der Waals surface area (Å²) in [5, 5.41) is 10.0. The third-order valence-corrected chi connectivity index (χ3v) is 4.59. The van der Waals surface area contributed by atoms with E-state index >= 15 is 0 Å². The molecule has 1 unspecified atom stereocenters. The quantitative estimate of drug-likeness (QED) is 0.521. The van der Waals surface area contributed by atoms with Crippen LogP contribution in [0.1, 0.15) is 28.9 Å². The van der Waals surface area contributed by atoms with Gasteiger partial charge in [0.05, 0.1) is 11.3 Å². The van der Waals surface area contributed by atoms with E-state index in [0.717, 1.165) is 22.5 Å². The molecule has 0 radical (unpaired) electrons. The van der Waals surface area contributed by atoms with E-state index in [1.54, 1.807) is 12.3 Å². The van der Waals surface area contributed by atoms with Crippen LogP contribution in [0.4, 0.5) is 17.6 Å². The van der Waals surface area contributed by atoms with Crippen molar-refractivity contribution in [3.63, 3.8) is 0 Å². The van der Waals surface area contributed by atoms with Gasteiger partial charge in [0.15, 0.2) is 0 Å². The number of alkyl halides is 3. The highest BCUT2D eigenvalue weighted by Crippen LogP contribution is 2.30. The number of H-pyrrole nitrogens is 1. The summed E-state index contributed by atoms with van der Waals surface area (Å²) < 4.78 is 45.2. The third-order valence-electron chi connectivity index (χ3n) is 4.59. The SMILES string of the molecule is CC1CNC(=O)c2cc(-c3ccnc(-c4cccc(F)c4)c3)[nH]c21.O=C(O)C(F)(F)F. The zero-order valence-corrected chi connectivity index (χ0v) is 16.1. The first-order chi connectivity index (χ1) is 14.6. The van der Waals surface area contributed by atoms with Gasteiger partial charge in [-0.25, -0.2) is 9.18 Å². The Balaban J connectivity index is 0.000000339. The van der Waals surface area contributed by atoms with Crippen molar-refractivity contribution in [3.05, 3.63) is 65.7 Å². The second-order valence-electron chi connectivity index (χ2n) is 6.86. The van der Waals surface area contributed by atoms with Gasteiger partial charge < -0.3 is 15.4 Å². The molecular weight excluding hydrogens is 418 g/mol. The van der Waals surface area contributed by atoms with Crippen molar-refractivity contribution in [2.45, 2.75) is 19.0 Å². The molecule has 1 aromatic carbocycles. The Morgan fingerprint density at radius 2 is 1.87 bits per heavy atom. The number of carboxylic acids is 1. The number of hydrogen-bond acceptors (Lipinski definition) is 3. The minimum atomic E-state index is -5.08. The molecule has 0 spiro atoms. The van der Waals surface area contributed by atoms with E-state index in [2.05, 4.69) is 22.2 Å². The van der Waals surface area contributed by atoms with Crippen molar-refractivity contribution in [2.24, 2.45) is 0 Å². The fourth-order valence-corrected chi connectivity index (χ4v) is 3.05. The molecule has 3 N–H and O–H groups in total. The van der Waals surface area contributed by atoms with Crippen LogP contribution in [0.25, 0.3) is 22.5 Å². The summed E-state index contributed by atoms with van der Waals surface area (Å²) in [7, 11) is 0. The van der Waals surface area contributed by atoms with Gasteiger partial charge in [0, 0.05) is 41.2 Å². The molecule has 1 aliphatic heterocycles. The minimum absolute atomic E-state index is 0.0509. The number of carbonyl (C=O) groups is 2. The number of aromatic nitrogens is 2. The fraction of sp³-hybridized carbons (Fsp3) is 0.190. The van der Waals surface area contributed by atoms with Crippen LogP contribution in [-0.2, 0) is 4.79 Å². The predicted octanol–water partition coefficient (Wildman–Crippen LogP) is 4.36. The monoisotopic (exact) mass is 435 g/mol. The average molecular weight is 435 g/mol. The molecule has 0 bridgehead atoms. The van der Waals surface area contributed by atoms with Gasteiger partial charge in [0.1, 0.15) is 5.82 Å². The smallest absolute Gasteiger partial charge is 0.475 e. The third kappa shape index (κ3) is 5.08. The molecule has 6 nitrogen and oxygen atoms in total. The van der Waals surface area contributed by atoms with Crippen LogP contribution in [0, 0.1) is 5.82 Å². The first-order valence-corrected chi connectivity index (χ1v) is 9.10. The van der Waals surface area contributed by atoms with Gasteiger partial charge in [0.25, 0.3) is 5.91 Å². The number of amides is 1. The van der Waals surface area contributed by atoms with Crippen LogP contribution in [-0.4, -0.2) is 39.7 Å². The summed E-state index contributed by atoms with van der Waals surface area (Å²) in [6.07, 6.45) is -3.39. The summed E-state index contributed by atoms with van der Waals surface area (Å²) in [6, 6.07) is 12.0. The number of pyridine rings is 1. The molecule has 3 aromatic rings. The van der Waals surface area contributed by atoms with E-state index in [4.69, 9.17) is 9.90 Å². The Kier molecular flexibility index (Phi) is 6.09. The van der Waals surface area contributed by atoms with E-state index in [1.165, 1.54) is 12.1 Å². The molecule has 1 atom stereocenters. The van der Waals surface area contributed by atoms with Crippen molar-refractivity contribution in [2.75, 3.05) is 6.54 Å². The lowest BCUT2D eigenvalue weighted by atomic mass is 9.99. The number of fused-ring (bicyclic) bond motifs is 1. The molecule has 0 fully saturated rings. The molecule has 4 rings (SSSR count). The van der Waals surface area contributed by atoms with Crippen LogP contribution in [0.2, 0.25) is 0 Å². The number of hydrogen-bond donors (Lipinski definition) is 3. The number of carboxylic acid groups (broad SMARTS) is 1. The number of aliphatic carboxylic acids is 1. The maximum absolute atomic E-state index is 13.4. The Labute approximate surface area is 173 Å². The number of halogens is 4. The highest BCUT2D eigenvalue weighted by molar-refractivity contribution is 5.98. The summed E-state index contributed by atoms with van der Waals surface area (Å²) in [5.74, 6) is -2.85. The van der Waals surface area contributed by atoms with Gasteiger partial charge in [-0.3, -0.25) is 9.78 Å². The van der Waals surface area contributed by atoms with Crippen LogP contribution in [0.3, 0.4) is 0 Å². The first-order valence-electron chi connectivity index (χ1n) is 9.10. The van der Waals surface area contributed by atoms with Gasteiger partial charge >= 0.3 is 12.1 Å². The lowest BCUT2D eigenvalue weighted by Gasteiger charge is -2.18. The number of benzene rings is 1. The summed E-state index contributed by atoms with van der Waals surface area (Å²) in [6.45, 7) is 2.71. The predicted molar refractivity (Wildman–Crippen MR) is 104 cm³/mol. The van der Waals surface area contributed by atoms with E-state index in [1.807, 2.05) is 24.3 Å². The van der Waals surface area contributed by atoms with Crippen LogP contribution >= 0.6 is 0 Å². The van der Waals surface area contributed by atoms with Crippen LogP contribution in [0.5, 0.6) is 0 Å². The highest BCUT2D eigenvalue weighted by Gasteiger charge is 2.38. The second kappa shape index (κ2) is 8.58. The zero-order valence-electron chi connectivity index (χ0n) is 16.1. The van der Waals surface area contributed by atoms with Crippen molar-refractivity contribution in [3.8, 4) is 22.5 Å². The number of rotatable bonds is 2. The lowest BCUT2D eigenvalue weighted by molar-refractivity contribution is -0.192. The van der Waals surface area contributed by atoms with Gasteiger partial charge in [-0.05, 0) is 30.3 Å². The molecule has 31 heavy (non-hydrogen) atoms. The molecular formula is C21H17F4N3O3. The Bertz CT molecular complexity index is 1130. The molecule has 10 heteroatoms. The van der Waals surface area contributed by atoms with Crippen LogP contribution in [0.15, 0.2) is 48.7 Å². The van der Waals surface area contributed by atoms with Gasteiger partial charge in [0.2, 0.25) is 0 Å². The summed E-state index contributed by atoms with van der Waals surface area (Å²) >= 11 is 0. The molecule has 3 heterocycles. The van der Waals surface area contributed by atoms with E-state index in [9.17, 15) is 22.4 Å². The van der Waals surface area contributed by atoms with Crippen molar-refractivity contribution in [1.82, 2.24) is 15.3 Å². The van der Waals surface area contributed by atoms with Crippen LogP contribution < -0.4 is 5.32 Å². The lowest BCUT2D eigenvalue weighted by Crippen LogP contribution is -2.33. The van der Waals surface area contributed by atoms with Crippen molar-refractivity contribution < 1.29 is 32.3 Å². The number of aromatic amines is 1. The molecule has 1 aliphatic rings. The van der Waals surface area contributed by atoms with E-state index in [-0.39, 0.29) is 17.6 Å². The summed E-state index contributed by atoms with van der Waals surface area (Å²) in [4.78, 5) is 28.6. The van der Waals surface area contributed by atoms with Crippen molar-refractivity contribution >= 4 is 11.9 Å². The van der Waals surface area contributed by atoms with E-state index < -0.39 is 12.1 Å². The number of nitrogens with zero attached hydrogens (tertiary/aromatic N) is 1. The molecule has 0 aliphatic carbocycles. The number of nitrogens with one attached hydrogen (secondary N) is 2. The Morgan fingerprint density at radius 3 is 2.48 bits per heavy atom. The van der Waals surface area contributed by atoms with Gasteiger partial charge in [-0.2, -0.15) is 13.2 Å². The standard InChI is InChI=1S/C19H16FN3O.C2HF3O2/c1-11-10-22-19(24)15-9-17(23-18(11)15)13-5-6-21-16(8-13)12-3-2-4-14(20)7-12;3-2(4,5)1(6)7/h2-9,11,23H,10H2,1H3,(H,22,24);(H,6,7). The first kappa shape index (κ1) is 22.0. The van der Waals surface area contributed by atoms with Gasteiger partial charge in [-0.15, -0.1) is 0 Å². The average Bonchev–Trinajstić information content (AvgIpc) is 3.18. The second-order valence-corrected chi connectivity index (χ2v) is 6.86. The maximum Gasteiger partial charge on any atom is 0.490 e. The Hall–Kier alpha value is -3.69. The Morgan fingerprint density at radius 1 is 1.16 bits per heavy atom. The molecule has 0 saturated heterocycles. The van der Waals surface area contributed by atoms with Crippen molar-refractivity contribution in [1.29, 1.82) is 0 Å². The van der Waals surface area contributed by atoms with Gasteiger partial charge in [-0.1, -0.05) is 19.1 Å². The fourth-order valence-electron chi connectivity index (χ4n) is 3.05. The largest absolute Gasteiger partial charge is 0.490 e. The van der Waals surface area contributed by atoms with E-state index in [0.29, 0.717) is 17.8 Å². The molecule has 1 amide bonds. The maximum atomic E-state index is 13.4. The minimum Gasteiger partial charge on any atom is -0.475 e. The molecule has 0 saturated carbocycles. The molecule has 162 valence electrons. The number of carbonyl (C=O) groups excluding carboxylic acids is 1. The topological polar surface area (TPSA) is 95.1 Å². The highest BCUT2D eigenvalue weighted by atomic mass is 19.4. The summed E-state index contributed by atoms with van der Waals surface area (Å²) in [5.41, 5.74) is 4.84.